The number of aromatic nitrogens is 2. The van der Waals surface area contributed by atoms with Crippen molar-refractivity contribution >= 4 is 5.91 Å². The second-order valence-corrected chi connectivity index (χ2v) is 7.78. The van der Waals surface area contributed by atoms with E-state index in [4.69, 9.17) is 0 Å². The molecule has 2 N–H and O–H groups in total. The number of benzene rings is 1. The molecule has 136 valence electrons. The first kappa shape index (κ1) is 19.2. The van der Waals surface area contributed by atoms with Crippen LogP contribution in [-0.2, 0) is 5.41 Å². The highest BCUT2D eigenvalue weighted by Gasteiger charge is 2.18. The molecule has 0 fully saturated rings. The Balaban J connectivity index is 2.00. The van der Waals surface area contributed by atoms with Gasteiger partial charge in [0.05, 0.1) is 17.9 Å². The molecule has 1 amide bonds. The molecule has 5 nitrogen and oxygen atoms in total. The number of carbonyl (C=O) groups excluding carboxylic acids is 1. The molecule has 1 heterocycles. The first-order chi connectivity index (χ1) is 11.6. The van der Waals surface area contributed by atoms with Crippen LogP contribution in [0.2, 0.25) is 0 Å². The standard InChI is InChI=1S/C20H29N3O2/c1-13(2)23-14(3)17(11-22-23)19(25)21-12-18(24)15-7-9-16(10-8-15)20(4,5)6/h7-11,13,18,24H,12H2,1-6H3,(H,21,25). The van der Waals surface area contributed by atoms with E-state index in [2.05, 4.69) is 31.2 Å². The molecule has 0 radical (unpaired) electrons. The van der Waals surface area contributed by atoms with Gasteiger partial charge in [0.1, 0.15) is 0 Å². The number of carbonyl (C=O) groups is 1. The van der Waals surface area contributed by atoms with Gasteiger partial charge in [-0.1, -0.05) is 45.0 Å². The van der Waals surface area contributed by atoms with Crippen molar-refractivity contribution in [3.05, 3.63) is 52.8 Å². The van der Waals surface area contributed by atoms with Crippen molar-refractivity contribution in [2.24, 2.45) is 0 Å². The zero-order valence-corrected chi connectivity index (χ0v) is 16.0. The Morgan fingerprint density at radius 1 is 1.24 bits per heavy atom. The van der Waals surface area contributed by atoms with Crippen LogP contribution in [0.3, 0.4) is 0 Å². The normalized spacial score (nSPS) is 13.1. The average Bonchev–Trinajstić information content (AvgIpc) is 2.93. The Hall–Kier alpha value is -2.14. The Morgan fingerprint density at radius 3 is 2.32 bits per heavy atom. The van der Waals surface area contributed by atoms with E-state index in [0.29, 0.717) is 5.56 Å². The molecule has 25 heavy (non-hydrogen) atoms. The van der Waals surface area contributed by atoms with Gasteiger partial charge in [0, 0.05) is 18.3 Å². The number of amides is 1. The van der Waals surface area contributed by atoms with E-state index in [1.54, 1.807) is 6.20 Å². The Labute approximate surface area is 150 Å². The maximum atomic E-state index is 12.3. The number of nitrogens with zero attached hydrogens (tertiary/aromatic N) is 2. The third-order valence-electron chi connectivity index (χ3n) is 4.40. The van der Waals surface area contributed by atoms with E-state index in [1.165, 1.54) is 5.56 Å². The fraction of sp³-hybridized carbons (Fsp3) is 0.500. The Kier molecular flexibility index (Phi) is 5.68. The molecule has 2 aromatic rings. The molecule has 1 aromatic carbocycles. The third-order valence-corrected chi connectivity index (χ3v) is 4.40. The van der Waals surface area contributed by atoms with Crippen molar-refractivity contribution in [2.45, 2.75) is 59.1 Å². The van der Waals surface area contributed by atoms with Gasteiger partial charge in [-0.3, -0.25) is 9.48 Å². The summed E-state index contributed by atoms with van der Waals surface area (Å²) in [7, 11) is 0. The summed E-state index contributed by atoms with van der Waals surface area (Å²) in [4.78, 5) is 12.3. The lowest BCUT2D eigenvalue weighted by Crippen LogP contribution is -2.28. The van der Waals surface area contributed by atoms with Gasteiger partial charge in [-0.2, -0.15) is 5.10 Å². The zero-order chi connectivity index (χ0) is 18.8. The van der Waals surface area contributed by atoms with E-state index in [-0.39, 0.29) is 23.9 Å². The Bertz CT molecular complexity index is 724. The average molecular weight is 343 g/mol. The van der Waals surface area contributed by atoms with Crippen LogP contribution in [0.15, 0.2) is 30.5 Å². The van der Waals surface area contributed by atoms with Gasteiger partial charge in [0.25, 0.3) is 5.91 Å². The molecule has 0 spiro atoms. The fourth-order valence-electron chi connectivity index (χ4n) is 2.77. The van der Waals surface area contributed by atoms with Crippen LogP contribution in [0.5, 0.6) is 0 Å². The summed E-state index contributed by atoms with van der Waals surface area (Å²) in [6.45, 7) is 12.5. The summed E-state index contributed by atoms with van der Waals surface area (Å²) in [5, 5.41) is 17.4. The molecule has 0 saturated heterocycles. The van der Waals surface area contributed by atoms with E-state index in [9.17, 15) is 9.90 Å². The molecule has 1 aromatic heterocycles. The van der Waals surface area contributed by atoms with Crippen molar-refractivity contribution < 1.29 is 9.90 Å². The van der Waals surface area contributed by atoms with Gasteiger partial charge in [-0.15, -0.1) is 0 Å². The fourth-order valence-corrected chi connectivity index (χ4v) is 2.77. The first-order valence-corrected chi connectivity index (χ1v) is 8.72. The highest BCUT2D eigenvalue weighted by Crippen LogP contribution is 2.24. The summed E-state index contributed by atoms with van der Waals surface area (Å²) in [6, 6.07) is 8.08. The number of aliphatic hydroxyl groups excluding tert-OH is 1. The number of rotatable bonds is 5. The van der Waals surface area contributed by atoms with Crippen molar-refractivity contribution in [1.29, 1.82) is 0 Å². The topological polar surface area (TPSA) is 67.2 Å². The van der Waals surface area contributed by atoms with Gasteiger partial charge in [0.2, 0.25) is 0 Å². The number of aliphatic hydroxyl groups is 1. The van der Waals surface area contributed by atoms with E-state index >= 15 is 0 Å². The summed E-state index contributed by atoms with van der Waals surface area (Å²) < 4.78 is 1.82. The minimum absolute atomic E-state index is 0.0752. The highest BCUT2D eigenvalue weighted by molar-refractivity contribution is 5.95. The van der Waals surface area contributed by atoms with Crippen LogP contribution in [0, 0.1) is 6.92 Å². The zero-order valence-electron chi connectivity index (χ0n) is 16.0. The summed E-state index contributed by atoms with van der Waals surface area (Å²) in [5.41, 5.74) is 3.46. The molecule has 1 atom stereocenters. The summed E-state index contributed by atoms with van der Waals surface area (Å²) >= 11 is 0. The molecule has 5 heteroatoms. The quantitative estimate of drug-likeness (QED) is 0.873. The van der Waals surface area contributed by atoms with E-state index in [0.717, 1.165) is 11.3 Å². The monoisotopic (exact) mass is 343 g/mol. The minimum atomic E-state index is -0.738. The van der Waals surface area contributed by atoms with Crippen LogP contribution < -0.4 is 5.32 Å². The van der Waals surface area contributed by atoms with E-state index in [1.807, 2.05) is 49.7 Å². The first-order valence-electron chi connectivity index (χ1n) is 8.72. The van der Waals surface area contributed by atoms with Crippen molar-refractivity contribution in [1.82, 2.24) is 15.1 Å². The second kappa shape index (κ2) is 7.40. The predicted molar refractivity (Wildman–Crippen MR) is 99.8 cm³/mol. The number of hydrogen-bond donors (Lipinski definition) is 2. The lowest BCUT2D eigenvalue weighted by Gasteiger charge is -2.20. The molecule has 0 bridgehead atoms. The van der Waals surface area contributed by atoms with Crippen molar-refractivity contribution in [2.75, 3.05) is 6.54 Å². The van der Waals surface area contributed by atoms with Gasteiger partial charge in [-0.05, 0) is 37.3 Å². The largest absolute Gasteiger partial charge is 0.387 e. The molecule has 0 aliphatic rings. The molecule has 1 unspecified atom stereocenters. The van der Waals surface area contributed by atoms with Crippen LogP contribution >= 0.6 is 0 Å². The summed E-state index contributed by atoms with van der Waals surface area (Å²) in [5.74, 6) is -0.213. The lowest BCUT2D eigenvalue weighted by atomic mass is 9.86. The maximum absolute atomic E-state index is 12.3. The van der Waals surface area contributed by atoms with Crippen LogP contribution in [0.25, 0.3) is 0 Å². The molecule has 0 aliphatic heterocycles. The molecule has 0 aliphatic carbocycles. The minimum Gasteiger partial charge on any atom is -0.387 e. The third kappa shape index (κ3) is 4.48. The van der Waals surface area contributed by atoms with Crippen molar-refractivity contribution in [3.63, 3.8) is 0 Å². The summed E-state index contributed by atoms with van der Waals surface area (Å²) in [6.07, 6.45) is 0.841. The van der Waals surface area contributed by atoms with Crippen LogP contribution in [0.1, 0.15) is 73.9 Å². The number of hydrogen-bond acceptors (Lipinski definition) is 3. The Morgan fingerprint density at radius 2 is 1.84 bits per heavy atom. The van der Waals surface area contributed by atoms with Gasteiger partial charge >= 0.3 is 0 Å². The SMILES string of the molecule is Cc1c(C(=O)NCC(O)c2ccc(C(C)(C)C)cc2)cnn1C(C)C. The molecular formula is C20H29N3O2. The molecule has 0 saturated carbocycles. The predicted octanol–water partition coefficient (Wildman–Crippen LogP) is 3.53. The molecular weight excluding hydrogens is 314 g/mol. The number of nitrogens with one attached hydrogen (secondary N) is 1. The van der Waals surface area contributed by atoms with Crippen molar-refractivity contribution in [3.8, 4) is 0 Å². The maximum Gasteiger partial charge on any atom is 0.254 e. The van der Waals surface area contributed by atoms with Crippen LogP contribution in [0.4, 0.5) is 0 Å². The molecule has 2 rings (SSSR count). The van der Waals surface area contributed by atoms with Crippen LogP contribution in [-0.4, -0.2) is 27.3 Å². The highest BCUT2D eigenvalue weighted by atomic mass is 16.3. The van der Waals surface area contributed by atoms with Gasteiger partial charge in [0.15, 0.2) is 0 Å². The van der Waals surface area contributed by atoms with Gasteiger partial charge in [-0.25, -0.2) is 0 Å². The second-order valence-electron chi connectivity index (χ2n) is 7.78. The smallest absolute Gasteiger partial charge is 0.254 e. The van der Waals surface area contributed by atoms with E-state index < -0.39 is 6.10 Å². The lowest BCUT2D eigenvalue weighted by molar-refractivity contribution is 0.0915. The van der Waals surface area contributed by atoms with Gasteiger partial charge < -0.3 is 10.4 Å².